The summed E-state index contributed by atoms with van der Waals surface area (Å²) in [7, 11) is 0. The van der Waals surface area contributed by atoms with Gasteiger partial charge in [-0.1, -0.05) is 43.2 Å². The quantitative estimate of drug-likeness (QED) is 0.691. The van der Waals surface area contributed by atoms with E-state index in [-0.39, 0.29) is 24.5 Å². The summed E-state index contributed by atoms with van der Waals surface area (Å²) in [4.78, 5) is 35.9. The number of carboxylic acid groups (broad SMARTS) is 1. The molecule has 1 saturated heterocycles. The summed E-state index contributed by atoms with van der Waals surface area (Å²) in [5.74, 6) is -2.79. The van der Waals surface area contributed by atoms with E-state index in [1.807, 2.05) is 30.3 Å². The molecule has 1 amide bonds. The minimum absolute atomic E-state index is 0.133. The van der Waals surface area contributed by atoms with E-state index in [0.717, 1.165) is 24.8 Å². The van der Waals surface area contributed by atoms with Gasteiger partial charge < -0.3 is 20.5 Å². The molecule has 7 nitrogen and oxygen atoms in total. The lowest BCUT2D eigenvalue weighted by molar-refractivity contribution is -0.192. The third kappa shape index (κ3) is 6.68. The fourth-order valence-corrected chi connectivity index (χ4v) is 4.05. The van der Waals surface area contributed by atoms with Crippen molar-refractivity contribution in [3.8, 4) is 0 Å². The number of fused-ring (bicyclic) bond motifs is 1. The van der Waals surface area contributed by atoms with Gasteiger partial charge in [-0.05, 0) is 37.7 Å². The van der Waals surface area contributed by atoms with E-state index in [1.54, 1.807) is 11.8 Å². The van der Waals surface area contributed by atoms with Crippen molar-refractivity contribution in [1.82, 2.24) is 4.90 Å². The van der Waals surface area contributed by atoms with E-state index in [1.165, 1.54) is 6.42 Å². The maximum absolute atomic E-state index is 12.6. The predicted octanol–water partition coefficient (Wildman–Crippen LogP) is 2.87. The number of esters is 1. The van der Waals surface area contributed by atoms with Gasteiger partial charge in [0.05, 0.1) is 6.04 Å². The van der Waals surface area contributed by atoms with Gasteiger partial charge in [-0.3, -0.25) is 4.79 Å². The van der Waals surface area contributed by atoms with E-state index in [4.69, 9.17) is 20.4 Å². The fourth-order valence-electron chi connectivity index (χ4n) is 4.05. The van der Waals surface area contributed by atoms with Crippen molar-refractivity contribution >= 4 is 17.8 Å². The van der Waals surface area contributed by atoms with Crippen LogP contribution in [0.15, 0.2) is 30.3 Å². The molecule has 3 unspecified atom stereocenters. The average Bonchev–Trinajstić information content (AvgIpc) is 3.11. The van der Waals surface area contributed by atoms with Gasteiger partial charge in [-0.15, -0.1) is 0 Å². The van der Waals surface area contributed by atoms with Crippen LogP contribution in [0.25, 0.3) is 0 Å². The number of halogens is 3. The topological polar surface area (TPSA) is 110 Å². The van der Waals surface area contributed by atoms with Crippen LogP contribution in [-0.2, 0) is 25.7 Å². The molecule has 4 atom stereocenters. The molecular formula is C21H27F3N2O5. The van der Waals surface area contributed by atoms with Crippen molar-refractivity contribution in [2.45, 2.75) is 69.9 Å². The molecular weight excluding hydrogens is 417 g/mol. The highest BCUT2D eigenvalue weighted by Crippen LogP contribution is 2.40. The number of ether oxygens (including phenoxy) is 1. The van der Waals surface area contributed by atoms with Gasteiger partial charge in [0.2, 0.25) is 5.91 Å². The van der Waals surface area contributed by atoms with Crippen molar-refractivity contribution in [3.63, 3.8) is 0 Å². The largest absolute Gasteiger partial charge is 0.490 e. The Morgan fingerprint density at radius 3 is 2.32 bits per heavy atom. The first-order chi connectivity index (χ1) is 14.5. The normalized spacial score (nSPS) is 23.8. The highest BCUT2D eigenvalue weighted by atomic mass is 19.4. The molecule has 0 spiro atoms. The van der Waals surface area contributed by atoms with Crippen LogP contribution in [-0.4, -0.2) is 52.2 Å². The average molecular weight is 444 g/mol. The molecule has 0 bridgehead atoms. The zero-order valence-corrected chi connectivity index (χ0v) is 17.2. The minimum Gasteiger partial charge on any atom is -0.475 e. The van der Waals surface area contributed by atoms with Crippen molar-refractivity contribution in [1.29, 1.82) is 0 Å². The summed E-state index contributed by atoms with van der Waals surface area (Å²) < 4.78 is 37.2. The highest BCUT2D eigenvalue weighted by molar-refractivity contribution is 5.88. The molecule has 1 saturated carbocycles. The van der Waals surface area contributed by atoms with Crippen LogP contribution in [0, 0.1) is 5.92 Å². The third-order valence-corrected chi connectivity index (χ3v) is 5.47. The Bertz CT molecular complexity index is 770. The number of amides is 1. The molecule has 1 aromatic rings. The number of alkyl halides is 3. The Morgan fingerprint density at radius 1 is 1.19 bits per heavy atom. The van der Waals surface area contributed by atoms with E-state index in [2.05, 4.69) is 0 Å². The second-order valence-electron chi connectivity index (χ2n) is 7.79. The highest BCUT2D eigenvalue weighted by Gasteiger charge is 2.48. The van der Waals surface area contributed by atoms with Crippen LogP contribution < -0.4 is 5.73 Å². The number of benzene rings is 1. The Labute approximate surface area is 178 Å². The Balaban J connectivity index is 0.000000423. The monoisotopic (exact) mass is 444 g/mol. The summed E-state index contributed by atoms with van der Waals surface area (Å²) in [6.07, 6.45) is -0.0545. The number of carboxylic acids is 1. The zero-order valence-electron chi connectivity index (χ0n) is 17.2. The lowest BCUT2D eigenvalue weighted by Crippen LogP contribution is -2.52. The van der Waals surface area contributed by atoms with Crippen LogP contribution in [0.3, 0.4) is 0 Å². The third-order valence-electron chi connectivity index (χ3n) is 5.47. The van der Waals surface area contributed by atoms with Crippen LogP contribution >= 0.6 is 0 Å². The maximum Gasteiger partial charge on any atom is 0.490 e. The zero-order chi connectivity index (χ0) is 23.2. The first kappa shape index (κ1) is 24.6. The molecule has 2 aliphatic rings. The van der Waals surface area contributed by atoms with Crippen molar-refractivity contribution < 1.29 is 37.4 Å². The molecule has 1 aromatic carbocycles. The molecule has 2 fully saturated rings. The standard InChI is InChI=1S/C19H26N2O3.C2HF3O2/c1-13(20)18(22)21-16-10-6-5-9-15(16)11-17(21)19(23)24-12-14-7-3-2-4-8-14;3-2(4,5)1(6)7/h2-4,7-8,13,15-17H,5-6,9-12,20H2,1H3;(H,6,7)/t13-,15?,16?,17?;/m0./s1. The summed E-state index contributed by atoms with van der Waals surface area (Å²) in [5, 5.41) is 7.12. The Hall–Kier alpha value is -2.62. The van der Waals surface area contributed by atoms with E-state index < -0.39 is 24.2 Å². The number of aliphatic carboxylic acids is 1. The van der Waals surface area contributed by atoms with Gasteiger partial charge in [-0.2, -0.15) is 13.2 Å². The van der Waals surface area contributed by atoms with Gasteiger partial charge in [0, 0.05) is 6.04 Å². The molecule has 0 aromatic heterocycles. The van der Waals surface area contributed by atoms with E-state index in [0.29, 0.717) is 12.3 Å². The molecule has 31 heavy (non-hydrogen) atoms. The first-order valence-corrected chi connectivity index (χ1v) is 10.1. The lowest BCUT2D eigenvalue weighted by atomic mass is 9.84. The van der Waals surface area contributed by atoms with Crippen molar-refractivity contribution in [2.24, 2.45) is 11.7 Å². The molecule has 0 radical (unpaired) electrons. The van der Waals surface area contributed by atoms with Gasteiger partial charge in [0.1, 0.15) is 12.6 Å². The number of nitrogens with two attached hydrogens (primary N) is 1. The Kier molecular flexibility index (Phi) is 8.43. The molecule has 3 rings (SSSR count). The van der Waals surface area contributed by atoms with E-state index >= 15 is 0 Å². The van der Waals surface area contributed by atoms with Gasteiger partial charge in [0.15, 0.2) is 0 Å². The molecule has 172 valence electrons. The SMILES string of the molecule is C[C@H](N)C(=O)N1C(C(=O)OCc2ccccc2)CC2CCCCC21.O=C(O)C(F)(F)F. The van der Waals surface area contributed by atoms with E-state index in [9.17, 15) is 22.8 Å². The van der Waals surface area contributed by atoms with Crippen LogP contribution in [0.5, 0.6) is 0 Å². The van der Waals surface area contributed by atoms with Gasteiger partial charge >= 0.3 is 18.1 Å². The van der Waals surface area contributed by atoms with Crippen molar-refractivity contribution in [2.75, 3.05) is 0 Å². The maximum atomic E-state index is 12.6. The molecule has 3 N–H and O–H groups in total. The second-order valence-corrected chi connectivity index (χ2v) is 7.79. The summed E-state index contributed by atoms with van der Waals surface area (Å²) in [6.45, 7) is 1.93. The molecule has 10 heteroatoms. The van der Waals surface area contributed by atoms with Gasteiger partial charge in [0.25, 0.3) is 0 Å². The molecule has 1 aliphatic carbocycles. The number of hydrogen-bond donors (Lipinski definition) is 2. The smallest absolute Gasteiger partial charge is 0.475 e. The first-order valence-electron chi connectivity index (χ1n) is 10.1. The predicted molar refractivity (Wildman–Crippen MR) is 105 cm³/mol. The van der Waals surface area contributed by atoms with Gasteiger partial charge in [-0.25, -0.2) is 9.59 Å². The van der Waals surface area contributed by atoms with Crippen LogP contribution in [0.1, 0.15) is 44.6 Å². The Morgan fingerprint density at radius 2 is 1.77 bits per heavy atom. The summed E-state index contributed by atoms with van der Waals surface area (Å²) in [5.41, 5.74) is 6.77. The van der Waals surface area contributed by atoms with Crippen LogP contribution in [0.4, 0.5) is 13.2 Å². The molecule has 1 aliphatic heterocycles. The number of rotatable bonds is 4. The number of carbonyl (C=O) groups excluding carboxylic acids is 2. The van der Waals surface area contributed by atoms with Crippen molar-refractivity contribution in [3.05, 3.63) is 35.9 Å². The number of likely N-dealkylation sites (tertiary alicyclic amines) is 1. The minimum atomic E-state index is -5.08. The fraction of sp³-hybridized carbons (Fsp3) is 0.571. The summed E-state index contributed by atoms with van der Waals surface area (Å²) in [6, 6.07) is 8.68. The molecule has 1 heterocycles. The second kappa shape index (κ2) is 10.6. The number of hydrogen-bond acceptors (Lipinski definition) is 5. The number of carbonyl (C=O) groups is 3. The van der Waals surface area contributed by atoms with Crippen LogP contribution in [0.2, 0.25) is 0 Å². The summed E-state index contributed by atoms with van der Waals surface area (Å²) >= 11 is 0. The lowest BCUT2D eigenvalue weighted by Gasteiger charge is -2.34. The number of nitrogens with zero attached hydrogens (tertiary/aromatic N) is 1.